The molecule has 0 saturated heterocycles. The van der Waals surface area contributed by atoms with E-state index in [1.54, 1.807) is 0 Å². The molecule has 0 aromatic carbocycles. The molecule has 0 bridgehead atoms. The fraction of sp³-hybridized carbons (Fsp3) is 1.00. The summed E-state index contributed by atoms with van der Waals surface area (Å²) in [4.78, 5) is 2.00. The molecule has 0 aromatic heterocycles. The Labute approximate surface area is 66.2 Å². The topological polar surface area (TPSA) is 3.24 Å². The minimum absolute atomic E-state index is 1.72. The van der Waals surface area contributed by atoms with Gasteiger partial charge < -0.3 is 4.90 Å². The fourth-order valence-electron chi connectivity index (χ4n) is 0. The number of nitrogens with zero attached hydrogens (tertiary/aromatic N) is 1. The minimum atomic E-state index is -1.72. The summed E-state index contributed by atoms with van der Waals surface area (Å²) in [5.74, 6) is 0. The summed E-state index contributed by atoms with van der Waals surface area (Å²) in [7, 11) is 6.00. The van der Waals surface area contributed by atoms with Crippen molar-refractivity contribution in [2.45, 2.75) is 0 Å². The molecule has 52 valence electrons. The third-order valence-electron chi connectivity index (χ3n) is 0. The first-order valence-electron chi connectivity index (χ1n) is 2.00. The van der Waals surface area contributed by atoms with E-state index in [0.29, 0.717) is 0 Å². The average molecular weight is 195 g/mol. The summed E-state index contributed by atoms with van der Waals surface area (Å²) in [5.41, 5.74) is 0. The van der Waals surface area contributed by atoms with E-state index in [9.17, 15) is 0 Å². The van der Waals surface area contributed by atoms with Gasteiger partial charge in [0.15, 0.2) is 0 Å². The smallest absolute Gasteiger partial charge is 0.312 e. The average Bonchev–Trinajstić information content (AvgIpc) is 1.25. The maximum Gasteiger partial charge on any atom is 0.326 e. The first-order valence-corrected chi connectivity index (χ1v) is 7.23. The van der Waals surface area contributed by atoms with E-state index in [1.807, 2.05) is 26.0 Å². The summed E-state index contributed by atoms with van der Waals surface area (Å²) in [6.45, 7) is -1.72. The lowest BCUT2D eigenvalue weighted by atomic mass is 11.0. The predicted octanol–water partition coefficient (Wildman–Crippen LogP) is 1.60. The molecule has 1 nitrogen and oxygen atoms in total. The van der Waals surface area contributed by atoms with Crippen LogP contribution in [-0.2, 0) is 0 Å². The molecule has 0 unspecified atom stereocenters. The Morgan fingerprint density at radius 3 is 1.00 bits per heavy atom. The van der Waals surface area contributed by atoms with Crippen LogP contribution in [0.2, 0.25) is 0 Å². The second-order valence-electron chi connectivity index (χ2n) is 1.59. The van der Waals surface area contributed by atoms with E-state index in [-0.39, 0.29) is 0 Å². The van der Waals surface area contributed by atoms with Gasteiger partial charge in [-0.05, 0) is 21.1 Å². The number of rotatable bonds is 0. The lowest BCUT2D eigenvalue weighted by Crippen LogP contribution is -1.99. The molecule has 0 atom stereocenters. The Kier molecular flexibility index (Phi) is 11.9. The SMILES string of the molecule is CN(C)C.Cl[SiH](Cl)Cl. The van der Waals surface area contributed by atoms with E-state index in [4.69, 9.17) is 33.2 Å². The monoisotopic (exact) mass is 193 g/mol. The lowest BCUT2D eigenvalue weighted by molar-refractivity contribution is 0.505. The van der Waals surface area contributed by atoms with Crippen LogP contribution >= 0.6 is 33.2 Å². The molecule has 0 saturated carbocycles. The molecule has 0 fully saturated rings. The number of halogens is 3. The Morgan fingerprint density at radius 1 is 1.00 bits per heavy atom. The van der Waals surface area contributed by atoms with Crippen molar-refractivity contribution in [1.29, 1.82) is 0 Å². The molecule has 0 aliphatic carbocycles. The van der Waals surface area contributed by atoms with Crippen LogP contribution in [0.15, 0.2) is 0 Å². The van der Waals surface area contributed by atoms with Gasteiger partial charge >= 0.3 is 6.73 Å². The van der Waals surface area contributed by atoms with Crippen LogP contribution in [0.1, 0.15) is 0 Å². The molecule has 0 rings (SSSR count). The van der Waals surface area contributed by atoms with Crippen LogP contribution in [-0.4, -0.2) is 32.8 Å². The molecule has 8 heavy (non-hydrogen) atoms. The van der Waals surface area contributed by atoms with Crippen LogP contribution in [0.4, 0.5) is 0 Å². The maximum absolute atomic E-state index is 4.94. The molecular weight excluding hydrogens is 184 g/mol. The van der Waals surface area contributed by atoms with Gasteiger partial charge in [0, 0.05) is 0 Å². The first-order chi connectivity index (χ1) is 3.46. The zero-order valence-corrected chi connectivity index (χ0v) is 8.58. The van der Waals surface area contributed by atoms with Crippen molar-refractivity contribution < 1.29 is 0 Å². The van der Waals surface area contributed by atoms with Crippen molar-refractivity contribution in [3.8, 4) is 0 Å². The molecule has 0 amide bonds. The van der Waals surface area contributed by atoms with Gasteiger partial charge in [0.25, 0.3) is 0 Å². The molecule has 0 aliphatic rings. The number of hydrogen-bond acceptors (Lipinski definition) is 1. The second-order valence-corrected chi connectivity index (χ2v) is 8.02. The molecular formula is C3H10Cl3NSi. The van der Waals surface area contributed by atoms with Crippen molar-refractivity contribution in [2.75, 3.05) is 21.1 Å². The van der Waals surface area contributed by atoms with Gasteiger partial charge in [-0.1, -0.05) is 0 Å². The van der Waals surface area contributed by atoms with Crippen LogP contribution in [0.3, 0.4) is 0 Å². The van der Waals surface area contributed by atoms with E-state index < -0.39 is 6.73 Å². The highest BCUT2D eigenvalue weighted by molar-refractivity contribution is 7.54. The number of hydrogen-bond donors (Lipinski definition) is 0. The summed E-state index contributed by atoms with van der Waals surface area (Å²) < 4.78 is 0. The fourth-order valence-corrected chi connectivity index (χ4v) is 0. The van der Waals surface area contributed by atoms with Gasteiger partial charge in [-0.15, -0.1) is 33.2 Å². The highest BCUT2D eigenvalue weighted by Crippen LogP contribution is 1.97. The first kappa shape index (κ1) is 11.8. The third-order valence-corrected chi connectivity index (χ3v) is 0. The molecule has 0 heterocycles. The van der Waals surface area contributed by atoms with E-state index in [1.165, 1.54) is 0 Å². The Morgan fingerprint density at radius 2 is 1.00 bits per heavy atom. The van der Waals surface area contributed by atoms with E-state index in [0.717, 1.165) is 0 Å². The van der Waals surface area contributed by atoms with Gasteiger partial charge in [-0.25, -0.2) is 0 Å². The molecule has 0 aliphatic heterocycles. The Balaban J connectivity index is 0. The second kappa shape index (κ2) is 8.05. The van der Waals surface area contributed by atoms with Crippen LogP contribution in [0, 0.1) is 0 Å². The molecule has 0 aromatic rings. The maximum atomic E-state index is 4.94. The summed E-state index contributed by atoms with van der Waals surface area (Å²) in [6.07, 6.45) is 0. The van der Waals surface area contributed by atoms with E-state index >= 15 is 0 Å². The summed E-state index contributed by atoms with van der Waals surface area (Å²) >= 11 is 14.8. The van der Waals surface area contributed by atoms with Crippen molar-refractivity contribution in [1.82, 2.24) is 4.90 Å². The van der Waals surface area contributed by atoms with Crippen molar-refractivity contribution in [3.63, 3.8) is 0 Å². The standard InChI is InChI=1S/C3H9N.Cl3HSi/c2*1-4(2)3/h1-3H3;4H. The van der Waals surface area contributed by atoms with Gasteiger partial charge in [-0.2, -0.15) is 0 Å². The molecule has 0 spiro atoms. The highest BCUT2D eigenvalue weighted by atomic mass is 35.8. The predicted molar refractivity (Wildman–Crippen MR) is 44.3 cm³/mol. The quantitative estimate of drug-likeness (QED) is 0.418. The third kappa shape index (κ3) is 235. The minimum Gasteiger partial charge on any atom is -0.312 e. The molecule has 0 N–H and O–H groups in total. The van der Waals surface area contributed by atoms with Crippen molar-refractivity contribution in [2.24, 2.45) is 0 Å². The Hall–Kier alpha value is 1.05. The van der Waals surface area contributed by atoms with Gasteiger partial charge in [0.05, 0.1) is 0 Å². The lowest BCUT2D eigenvalue weighted by Gasteiger charge is -1.90. The van der Waals surface area contributed by atoms with Gasteiger partial charge in [0.1, 0.15) is 0 Å². The summed E-state index contributed by atoms with van der Waals surface area (Å²) in [6, 6.07) is 0. The molecule has 5 heteroatoms. The largest absolute Gasteiger partial charge is 0.326 e. The Bertz CT molecular complexity index is 30.0. The highest BCUT2D eigenvalue weighted by Gasteiger charge is 1.85. The van der Waals surface area contributed by atoms with Crippen LogP contribution in [0.5, 0.6) is 0 Å². The van der Waals surface area contributed by atoms with Gasteiger partial charge in [-0.3, -0.25) is 0 Å². The summed E-state index contributed by atoms with van der Waals surface area (Å²) in [5, 5.41) is 0. The van der Waals surface area contributed by atoms with Crippen LogP contribution in [0.25, 0.3) is 0 Å². The zero-order valence-electron chi connectivity index (χ0n) is 5.16. The zero-order chi connectivity index (χ0) is 7.15. The van der Waals surface area contributed by atoms with Crippen LogP contribution < -0.4 is 0 Å². The molecule has 0 radical (unpaired) electrons. The van der Waals surface area contributed by atoms with E-state index in [2.05, 4.69) is 0 Å². The van der Waals surface area contributed by atoms with Crippen molar-refractivity contribution in [3.05, 3.63) is 0 Å². The normalized spacial score (nSPS) is 9.00. The van der Waals surface area contributed by atoms with Gasteiger partial charge in [0.2, 0.25) is 0 Å². The van der Waals surface area contributed by atoms with Crippen molar-refractivity contribution >= 4 is 40.0 Å².